The van der Waals surface area contributed by atoms with E-state index in [0.717, 1.165) is 6.21 Å². The standard InChI is InChI=1S/C4H4FNO/c5-4-2-1-3-6(4)7/h1-4H. The fraction of sp³-hybridized carbons (Fsp3) is 0.250. The van der Waals surface area contributed by atoms with Gasteiger partial charge in [0.2, 0.25) is 0 Å². The summed E-state index contributed by atoms with van der Waals surface area (Å²) in [7, 11) is 0. The third-order valence-corrected chi connectivity index (χ3v) is 0.746. The van der Waals surface area contributed by atoms with E-state index in [9.17, 15) is 9.60 Å². The summed E-state index contributed by atoms with van der Waals surface area (Å²) >= 11 is 0. The van der Waals surface area contributed by atoms with Crippen molar-refractivity contribution in [3.05, 3.63) is 17.4 Å². The fourth-order valence-corrected chi connectivity index (χ4v) is 0.393. The number of hydroxylamine groups is 1. The predicted octanol–water partition coefficient (Wildman–Crippen LogP) is 0.433. The quantitative estimate of drug-likeness (QED) is 0.247. The lowest BCUT2D eigenvalue weighted by Crippen LogP contribution is -2.07. The molecule has 0 saturated heterocycles. The molecule has 1 heterocycles. The first-order valence-corrected chi connectivity index (χ1v) is 1.92. The van der Waals surface area contributed by atoms with Gasteiger partial charge in [-0.25, -0.2) is 0 Å². The van der Waals surface area contributed by atoms with Crippen LogP contribution in [-0.4, -0.2) is 17.2 Å². The van der Waals surface area contributed by atoms with E-state index in [1.807, 2.05) is 0 Å². The van der Waals surface area contributed by atoms with Crippen molar-refractivity contribution < 1.29 is 9.13 Å². The van der Waals surface area contributed by atoms with Crippen molar-refractivity contribution in [2.24, 2.45) is 0 Å². The Bertz CT molecular complexity index is 130. The molecule has 0 spiro atoms. The number of hydrogen-bond acceptors (Lipinski definition) is 1. The van der Waals surface area contributed by atoms with E-state index < -0.39 is 6.30 Å². The molecular weight excluding hydrogens is 97.0 g/mol. The molecule has 0 N–H and O–H groups in total. The molecule has 0 aromatic rings. The van der Waals surface area contributed by atoms with Crippen LogP contribution in [0.15, 0.2) is 12.2 Å². The topological polar surface area (TPSA) is 26.1 Å². The number of nitrogens with zero attached hydrogens (tertiary/aromatic N) is 1. The van der Waals surface area contributed by atoms with Crippen LogP contribution >= 0.6 is 0 Å². The molecule has 38 valence electrons. The summed E-state index contributed by atoms with van der Waals surface area (Å²) in [4.78, 5) is 0. The maximum Gasteiger partial charge on any atom is 0.324 e. The van der Waals surface area contributed by atoms with Gasteiger partial charge in [0, 0.05) is 12.2 Å². The van der Waals surface area contributed by atoms with Crippen LogP contribution in [0.4, 0.5) is 4.39 Å². The van der Waals surface area contributed by atoms with E-state index in [2.05, 4.69) is 0 Å². The first-order chi connectivity index (χ1) is 3.30. The smallest absolute Gasteiger partial charge is 0.324 e. The number of allylic oxidation sites excluding steroid dienone is 1. The van der Waals surface area contributed by atoms with E-state index >= 15 is 0 Å². The molecule has 2 nitrogen and oxygen atoms in total. The highest BCUT2D eigenvalue weighted by molar-refractivity contribution is 5.68. The lowest BCUT2D eigenvalue weighted by atomic mass is 10.6. The maximum atomic E-state index is 11.8. The molecule has 0 bridgehead atoms. The average Bonchev–Trinajstić information content (AvgIpc) is 1.91. The normalized spacial score (nSPS) is 28.1. The molecule has 0 fully saturated rings. The molecule has 1 rings (SSSR count). The van der Waals surface area contributed by atoms with Crippen LogP contribution < -0.4 is 0 Å². The minimum absolute atomic E-state index is 0.250. The fourth-order valence-electron chi connectivity index (χ4n) is 0.393. The van der Waals surface area contributed by atoms with E-state index in [-0.39, 0.29) is 4.74 Å². The summed E-state index contributed by atoms with van der Waals surface area (Å²) in [6.45, 7) is 0. The van der Waals surface area contributed by atoms with Gasteiger partial charge in [-0.15, -0.1) is 0 Å². The zero-order valence-corrected chi connectivity index (χ0v) is 3.54. The molecule has 1 atom stereocenters. The van der Waals surface area contributed by atoms with Crippen molar-refractivity contribution in [1.82, 2.24) is 0 Å². The molecule has 7 heavy (non-hydrogen) atoms. The van der Waals surface area contributed by atoms with Crippen molar-refractivity contribution in [3.63, 3.8) is 0 Å². The van der Waals surface area contributed by atoms with Gasteiger partial charge in [-0.2, -0.15) is 9.13 Å². The minimum atomic E-state index is -1.44. The first kappa shape index (κ1) is 4.30. The lowest BCUT2D eigenvalue weighted by Gasteiger charge is -1.97. The van der Waals surface area contributed by atoms with Crippen molar-refractivity contribution in [2.75, 3.05) is 0 Å². The monoisotopic (exact) mass is 101 g/mol. The highest BCUT2D eigenvalue weighted by Gasteiger charge is 2.11. The predicted molar refractivity (Wildman–Crippen MR) is 23.7 cm³/mol. The molecular formula is C4H4FNO. The summed E-state index contributed by atoms with van der Waals surface area (Å²) in [5.41, 5.74) is 0. The Kier molecular flexibility index (Phi) is 0.817. The van der Waals surface area contributed by atoms with E-state index in [1.54, 1.807) is 0 Å². The Balaban J connectivity index is 2.69. The summed E-state index contributed by atoms with van der Waals surface area (Å²) in [6.07, 6.45) is 2.27. The van der Waals surface area contributed by atoms with Gasteiger partial charge in [-0.1, -0.05) is 0 Å². The molecule has 0 aromatic carbocycles. The van der Waals surface area contributed by atoms with Crippen LogP contribution in [0.3, 0.4) is 0 Å². The summed E-state index contributed by atoms with van der Waals surface area (Å²) in [5, 5.41) is 10.00. The number of halogens is 1. The van der Waals surface area contributed by atoms with Crippen molar-refractivity contribution in [3.8, 4) is 0 Å². The lowest BCUT2D eigenvalue weighted by molar-refractivity contribution is -0.509. The highest BCUT2D eigenvalue weighted by Crippen LogP contribution is 1.97. The number of hydrogen-bond donors (Lipinski definition) is 0. The zero-order chi connectivity index (χ0) is 5.28. The Morgan fingerprint density at radius 1 is 1.71 bits per heavy atom. The van der Waals surface area contributed by atoms with Crippen molar-refractivity contribution in [2.45, 2.75) is 6.30 Å². The van der Waals surface area contributed by atoms with Crippen LogP contribution in [0.5, 0.6) is 0 Å². The largest absolute Gasteiger partial charge is 0.621 e. The Morgan fingerprint density at radius 2 is 2.43 bits per heavy atom. The second kappa shape index (κ2) is 1.33. The zero-order valence-electron chi connectivity index (χ0n) is 3.54. The van der Waals surface area contributed by atoms with Gasteiger partial charge in [0.15, 0.2) is 6.21 Å². The van der Waals surface area contributed by atoms with Crippen LogP contribution in [0, 0.1) is 5.21 Å². The van der Waals surface area contributed by atoms with Crippen molar-refractivity contribution in [1.29, 1.82) is 0 Å². The van der Waals surface area contributed by atoms with E-state index in [4.69, 9.17) is 0 Å². The highest BCUT2D eigenvalue weighted by atomic mass is 19.1. The Labute approximate surface area is 40.2 Å². The summed E-state index contributed by atoms with van der Waals surface area (Å²) in [5.74, 6) is 0. The van der Waals surface area contributed by atoms with Crippen molar-refractivity contribution >= 4 is 6.21 Å². The summed E-state index contributed by atoms with van der Waals surface area (Å²) in [6, 6.07) is 0. The molecule has 1 unspecified atom stereocenters. The number of alkyl halides is 1. The van der Waals surface area contributed by atoms with E-state index in [0.29, 0.717) is 0 Å². The number of rotatable bonds is 0. The molecule has 3 heteroatoms. The Hall–Kier alpha value is -0.860. The van der Waals surface area contributed by atoms with Gasteiger partial charge in [0.1, 0.15) is 0 Å². The van der Waals surface area contributed by atoms with Gasteiger partial charge < -0.3 is 5.21 Å². The molecule has 0 amide bonds. The second-order valence-corrected chi connectivity index (χ2v) is 1.27. The third-order valence-electron chi connectivity index (χ3n) is 0.746. The van der Waals surface area contributed by atoms with Gasteiger partial charge in [-0.3, -0.25) is 0 Å². The van der Waals surface area contributed by atoms with Gasteiger partial charge in [0.25, 0.3) is 0 Å². The molecule has 0 radical (unpaired) electrons. The van der Waals surface area contributed by atoms with Gasteiger partial charge in [-0.05, 0) is 0 Å². The minimum Gasteiger partial charge on any atom is -0.621 e. The SMILES string of the molecule is [O-][N+]1=CC=CC1F. The molecule has 0 saturated carbocycles. The second-order valence-electron chi connectivity index (χ2n) is 1.27. The third kappa shape index (κ3) is 0.607. The van der Waals surface area contributed by atoms with Gasteiger partial charge in [0.05, 0.1) is 0 Å². The molecule has 1 aliphatic heterocycles. The molecule has 0 aliphatic carbocycles. The first-order valence-electron chi connectivity index (χ1n) is 1.92. The van der Waals surface area contributed by atoms with Crippen LogP contribution in [-0.2, 0) is 0 Å². The average molecular weight is 101 g/mol. The molecule has 1 aliphatic rings. The van der Waals surface area contributed by atoms with Crippen LogP contribution in [0.1, 0.15) is 0 Å². The summed E-state index contributed by atoms with van der Waals surface area (Å²) < 4.78 is 12.1. The van der Waals surface area contributed by atoms with Crippen LogP contribution in [0.2, 0.25) is 0 Å². The van der Waals surface area contributed by atoms with Crippen LogP contribution in [0.25, 0.3) is 0 Å². The van der Waals surface area contributed by atoms with Gasteiger partial charge >= 0.3 is 6.30 Å². The maximum absolute atomic E-state index is 11.8. The van der Waals surface area contributed by atoms with E-state index in [1.165, 1.54) is 12.2 Å². The molecule has 0 aromatic heterocycles. The Morgan fingerprint density at radius 3 is 2.57 bits per heavy atom.